The van der Waals surface area contributed by atoms with Crippen LogP contribution in [0.5, 0.6) is 0 Å². The zero-order valence-electron chi connectivity index (χ0n) is 22.2. The molecule has 2 aliphatic heterocycles. The van der Waals surface area contributed by atoms with Crippen molar-refractivity contribution in [3.8, 4) is 11.3 Å². The molecule has 10 heteroatoms. The summed E-state index contributed by atoms with van der Waals surface area (Å²) in [4.78, 5) is 55.5. The topological polar surface area (TPSA) is 126 Å². The van der Waals surface area contributed by atoms with Crippen LogP contribution in [-0.4, -0.2) is 55.9 Å². The Hall–Kier alpha value is -4.34. The van der Waals surface area contributed by atoms with Gasteiger partial charge in [0.15, 0.2) is 0 Å². The second-order valence-electron chi connectivity index (χ2n) is 11.4. The van der Waals surface area contributed by atoms with E-state index in [1.54, 1.807) is 18.2 Å². The number of aryl methyl sites for hydroxylation is 1. The number of piperidine rings is 1. The van der Waals surface area contributed by atoms with Gasteiger partial charge in [-0.25, -0.2) is 0 Å². The smallest absolute Gasteiger partial charge is 0.262 e. The molecule has 4 aliphatic rings. The first kappa shape index (κ1) is 24.7. The SMILES string of the molecule is Cc1cccc(-c2cn(C3CC(CNc4ccc5c(c4)C(=O)N(C4CCC(=O)NC4=O)C5=O)C3)nc2C2CC2)n1. The van der Waals surface area contributed by atoms with E-state index in [0.717, 1.165) is 46.9 Å². The molecule has 2 aromatic heterocycles. The minimum absolute atomic E-state index is 0.101. The van der Waals surface area contributed by atoms with Crippen molar-refractivity contribution in [1.29, 1.82) is 0 Å². The minimum Gasteiger partial charge on any atom is -0.385 e. The predicted molar refractivity (Wildman–Crippen MR) is 146 cm³/mol. The third-order valence-corrected chi connectivity index (χ3v) is 8.51. The van der Waals surface area contributed by atoms with E-state index in [9.17, 15) is 19.2 Å². The molecule has 2 aliphatic carbocycles. The third-order valence-electron chi connectivity index (χ3n) is 8.51. The van der Waals surface area contributed by atoms with Crippen LogP contribution in [0.4, 0.5) is 5.69 Å². The second kappa shape index (κ2) is 9.39. The summed E-state index contributed by atoms with van der Waals surface area (Å²) in [7, 11) is 0. The van der Waals surface area contributed by atoms with Crippen LogP contribution < -0.4 is 10.6 Å². The molecular weight excluding hydrogens is 508 g/mol. The predicted octanol–water partition coefficient (Wildman–Crippen LogP) is 3.60. The Morgan fingerprint density at radius 2 is 1.77 bits per heavy atom. The molecule has 7 rings (SSSR count). The van der Waals surface area contributed by atoms with Crippen LogP contribution in [-0.2, 0) is 9.59 Å². The molecule has 0 bridgehead atoms. The van der Waals surface area contributed by atoms with Crippen molar-refractivity contribution in [2.24, 2.45) is 5.92 Å². The van der Waals surface area contributed by atoms with Crippen molar-refractivity contribution >= 4 is 29.3 Å². The first-order valence-corrected chi connectivity index (χ1v) is 14.0. The molecule has 2 saturated carbocycles. The van der Waals surface area contributed by atoms with Crippen molar-refractivity contribution in [1.82, 2.24) is 25.0 Å². The number of hydrogen-bond acceptors (Lipinski definition) is 7. The van der Waals surface area contributed by atoms with Gasteiger partial charge in [0.25, 0.3) is 11.8 Å². The lowest BCUT2D eigenvalue weighted by molar-refractivity contribution is -0.136. The number of hydrogen-bond donors (Lipinski definition) is 2. The molecule has 1 aromatic carbocycles. The van der Waals surface area contributed by atoms with Gasteiger partial charge >= 0.3 is 0 Å². The van der Waals surface area contributed by atoms with Crippen molar-refractivity contribution in [2.45, 2.75) is 63.5 Å². The van der Waals surface area contributed by atoms with Crippen molar-refractivity contribution in [3.63, 3.8) is 0 Å². The van der Waals surface area contributed by atoms with Gasteiger partial charge in [0, 0.05) is 42.0 Å². The van der Waals surface area contributed by atoms with Crippen LogP contribution in [0, 0.1) is 12.8 Å². The highest BCUT2D eigenvalue weighted by Gasteiger charge is 2.44. The number of nitrogens with one attached hydrogen (secondary N) is 2. The molecule has 4 heterocycles. The van der Waals surface area contributed by atoms with E-state index in [1.165, 1.54) is 18.5 Å². The zero-order valence-corrected chi connectivity index (χ0v) is 22.2. The van der Waals surface area contributed by atoms with E-state index in [0.29, 0.717) is 17.9 Å². The number of imide groups is 2. The molecule has 1 atom stereocenters. The van der Waals surface area contributed by atoms with E-state index in [2.05, 4.69) is 27.6 Å². The van der Waals surface area contributed by atoms with Crippen LogP contribution in [0.1, 0.15) is 82.6 Å². The van der Waals surface area contributed by atoms with Crippen molar-refractivity contribution in [3.05, 3.63) is 65.1 Å². The summed E-state index contributed by atoms with van der Waals surface area (Å²) >= 11 is 0. The Morgan fingerprint density at radius 3 is 2.52 bits per heavy atom. The molecule has 1 saturated heterocycles. The quantitative estimate of drug-likeness (QED) is 0.440. The molecule has 1 unspecified atom stereocenters. The Kier molecular flexibility index (Phi) is 5.80. The monoisotopic (exact) mass is 538 g/mol. The van der Waals surface area contributed by atoms with Gasteiger partial charge in [-0.05, 0) is 75.3 Å². The number of carbonyl (C=O) groups excluding carboxylic acids is 4. The van der Waals surface area contributed by atoms with E-state index in [4.69, 9.17) is 10.1 Å². The van der Waals surface area contributed by atoms with Gasteiger partial charge in [0.05, 0.1) is 28.6 Å². The number of benzene rings is 1. The lowest BCUT2D eigenvalue weighted by atomic mass is 9.80. The molecule has 4 amide bonds. The van der Waals surface area contributed by atoms with Gasteiger partial charge in [-0.2, -0.15) is 5.10 Å². The van der Waals surface area contributed by atoms with Crippen molar-refractivity contribution in [2.75, 3.05) is 11.9 Å². The molecule has 3 aromatic rings. The highest BCUT2D eigenvalue weighted by atomic mass is 16.2. The maximum Gasteiger partial charge on any atom is 0.262 e. The first-order valence-electron chi connectivity index (χ1n) is 14.0. The average Bonchev–Trinajstić information content (AvgIpc) is 3.62. The van der Waals surface area contributed by atoms with Crippen LogP contribution in [0.3, 0.4) is 0 Å². The zero-order chi connectivity index (χ0) is 27.5. The maximum atomic E-state index is 13.1. The Bertz CT molecular complexity index is 1570. The Labute approximate surface area is 231 Å². The van der Waals surface area contributed by atoms with Gasteiger partial charge in [0.2, 0.25) is 11.8 Å². The summed E-state index contributed by atoms with van der Waals surface area (Å²) < 4.78 is 2.13. The minimum atomic E-state index is -0.960. The number of aromatic nitrogens is 3. The summed E-state index contributed by atoms with van der Waals surface area (Å²) in [5.74, 6) is -0.977. The largest absolute Gasteiger partial charge is 0.385 e. The summed E-state index contributed by atoms with van der Waals surface area (Å²) in [6, 6.07) is 10.6. The lowest BCUT2D eigenvalue weighted by Gasteiger charge is -2.35. The van der Waals surface area contributed by atoms with E-state index < -0.39 is 23.8 Å². The number of fused-ring (bicyclic) bond motifs is 1. The molecule has 0 spiro atoms. The highest BCUT2D eigenvalue weighted by molar-refractivity contribution is 6.23. The fraction of sp³-hybridized carbons (Fsp3) is 0.400. The number of amides is 4. The van der Waals surface area contributed by atoms with Crippen LogP contribution in [0.25, 0.3) is 11.3 Å². The van der Waals surface area contributed by atoms with E-state index in [1.807, 2.05) is 19.1 Å². The molecule has 0 radical (unpaired) electrons. The van der Waals surface area contributed by atoms with Gasteiger partial charge in [-0.15, -0.1) is 0 Å². The number of nitrogens with zero attached hydrogens (tertiary/aromatic N) is 4. The number of pyridine rings is 1. The van der Waals surface area contributed by atoms with Crippen molar-refractivity contribution < 1.29 is 19.2 Å². The Balaban J connectivity index is 0.989. The summed E-state index contributed by atoms with van der Waals surface area (Å²) in [5.41, 5.74) is 5.64. The summed E-state index contributed by atoms with van der Waals surface area (Å²) in [6.45, 7) is 2.76. The summed E-state index contributed by atoms with van der Waals surface area (Å²) in [5, 5.41) is 10.6. The molecular formula is C30H30N6O4. The molecule has 204 valence electrons. The molecule has 40 heavy (non-hydrogen) atoms. The average molecular weight is 539 g/mol. The van der Waals surface area contributed by atoms with E-state index in [-0.39, 0.29) is 29.9 Å². The maximum absolute atomic E-state index is 13.1. The molecule has 3 fully saturated rings. The van der Waals surface area contributed by atoms with Crippen LogP contribution in [0.2, 0.25) is 0 Å². The Morgan fingerprint density at radius 1 is 0.975 bits per heavy atom. The fourth-order valence-corrected chi connectivity index (χ4v) is 6.07. The number of rotatable bonds is 7. The highest BCUT2D eigenvalue weighted by Crippen LogP contribution is 2.45. The normalized spacial score (nSPS) is 24.1. The molecule has 10 nitrogen and oxygen atoms in total. The third kappa shape index (κ3) is 4.27. The van der Waals surface area contributed by atoms with Gasteiger partial charge in [-0.1, -0.05) is 6.07 Å². The first-order chi connectivity index (χ1) is 19.4. The van der Waals surface area contributed by atoms with Gasteiger partial charge < -0.3 is 5.32 Å². The fourth-order valence-electron chi connectivity index (χ4n) is 6.07. The van der Waals surface area contributed by atoms with Crippen LogP contribution in [0.15, 0.2) is 42.6 Å². The number of anilines is 1. The van der Waals surface area contributed by atoms with Crippen LogP contribution >= 0.6 is 0 Å². The standard InChI is InChI=1S/C30H30N6O4/c1-16-3-2-4-24(32-16)23-15-35(34-27(23)18-5-6-18)20-11-17(12-20)14-31-19-7-8-21-22(13-19)30(40)36(29(21)39)25-9-10-26(37)33-28(25)38/h2-4,7-8,13,15,17-18,20,25,31H,5-6,9-12,14H2,1H3,(H,33,37,38). The lowest BCUT2D eigenvalue weighted by Crippen LogP contribution is -2.54. The van der Waals surface area contributed by atoms with Gasteiger partial charge in [-0.3, -0.25) is 39.1 Å². The summed E-state index contributed by atoms with van der Waals surface area (Å²) in [6.07, 6.45) is 6.80. The van der Waals surface area contributed by atoms with E-state index >= 15 is 0 Å². The second-order valence-corrected chi connectivity index (χ2v) is 11.4. The molecule has 2 N–H and O–H groups in total. The van der Waals surface area contributed by atoms with Gasteiger partial charge in [0.1, 0.15) is 6.04 Å². The number of carbonyl (C=O) groups is 4.